The predicted octanol–water partition coefficient (Wildman–Crippen LogP) is 1.12. The number of carbonyl (C=O) groups is 4. The molecule has 2 N–H and O–H groups in total. The van der Waals surface area contributed by atoms with Crippen molar-refractivity contribution in [2.24, 2.45) is 5.73 Å². The summed E-state index contributed by atoms with van der Waals surface area (Å²) in [6.07, 6.45) is 0. The minimum atomic E-state index is -0.789. The molecular formula is C18H14N2O5. The van der Waals surface area contributed by atoms with Gasteiger partial charge in [0.25, 0.3) is 17.7 Å². The van der Waals surface area contributed by atoms with Crippen molar-refractivity contribution in [2.75, 3.05) is 6.61 Å². The van der Waals surface area contributed by atoms with Crippen LogP contribution in [0.25, 0.3) is 0 Å². The van der Waals surface area contributed by atoms with Gasteiger partial charge in [-0.25, -0.2) is 4.79 Å². The fourth-order valence-corrected chi connectivity index (χ4v) is 2.55. The van der Waals surface area contributed by atoms with Crippen LogP contribution in [0.15, 0.2) is 48.5 Å². The quantitative estimate of drug-likeness (QED) is 0.649. The lowest BCUT2D eigenvalue weighted by molar-refractivity contribution is -0.121. The molecule has 0 aromatic heterocycles. The van der Waals surface area contributed by atoms with Gasteiger partial charge in [0, 0.05) is 0 Å². The molecule has 7 nitrogen and oxygen atoms in total. The summed E-state index contributed by atoms with van der Waals surface area (Å²) in [5.41, 5.74) is 6.17. The molecule has 0 fully saturated rings. The van der Waals surface area contributed by atoms with E-state index in [0.717, 1.165) is 10.5 Å². The van der Waals surface area contributed by atoms with Gasteiger partial charge >= 0.3 is 5.97 Å². The van der Waals surface area contributed by atoms with E-state index >= 15 is 0 Å². The number of hydrogen-bond acceptors (Lipinski definition) is 5. The summed E-state index contributed by atoms with van der Waals surface area (Å²) in [6, 6.07) is 13.2. The fourth-order valence-electron chi connectivity index (χ4n) is 2.55. The zero-order valence-corrected chi connectivity index (χ0v) is 13.1. The van der Waals surface area contributed by atoms with Crippen LogP contribution in [-0.4, -0.2) is 35.2 Å². The van der Waals surface area contributed by atoms with E-state index in [9.17, 15) is 19.2 Å². The third-order valence-corrected chi connectivity index (χ3v) is 3.74. The van der Waals surface area contributed by atoms with Gasteiger partial charge in [0.2, 0.25) is 0 Å². The van der Waals surface area contributed by atoms with Gasteiger partial charge in [0.05, 0.1) is 23.2 Å². The second-order valence-electron chi connectivity index (χ2n) is 5.48. The smallest absolute Gasteiger partial charge is 0.338 e. The van der Waals surface area contributed by atoms with Gasteiger partial charge in [0.1, 0.15) is 0 Å². The van der Waals surface area contributed by atoms with E-state index in [1.165, 1.54) is 18.2 Å². The molecule has 0 radical (unpaired) electrons. The third kappa shape index (κ3) is 3.25. The third-order valence-electron chi connectivity index (χ3n) is 3.74. The van der Waals surface area contributed by atoms with E-state index < -0.39 is 30.3 Å². The normalized spacial score (nSPS) is 12.9. The van der Waals surface area contributed by atoms with Crippen LogP contribution in [0.4, 0.5) is 0 Å². The van der Waals surface area contributed by atoms with Gasteiger partial charge in [-0.15, -0.1) is 0 Å². The predicted molar refractivity (Wildman–Crippen MR) is 86.6 cm³/mol. The maximum Gasteiger partial charge on any atom is 0.338 e. The number of rotatable bonds is 5. The molecule has 25 heavy (non-hydrogen) atoms. The summed E-state index contributed by atoms with van der Waals surface area (Å²) in [5.74, 6) is -2.47. The van der Waals surface area contributed by atoms with E-state index in [2.05, 4.69) is 0 Å². The van der Waals surface area contributed by atoms with Crippen LogP contribution in [0.1, 0.15) is 36.6 Å². The number of carbonyl (C=O) groups excluding carboxylic acids is 4. The maximum atomic E-state index is 12.5. The molecule has 0 bridgehead atoms. The van der Waals surface area contributed by atoms with E-state index in [1.807, 2.05) is 30.3 Å². The Balaban J connectivity index is 1.83. The highest BCUT2D eigenvalue weighted by Crippen LogP contribution is 2.25. The van der Waals surface area contributed by atoms with Gasteiger partial charge in [-0.05, 0) is 23.8 Å². The lowest BCUT2D eigenvalue weighted by atomic mass is 10.1. The highest BCUT2D eigenvalue weighted by atomic mass is 16.5. The average Bonchev–Trinajstić information content (AvgIpc) is 2.85. The Labute approximate surface area is 143 Å². The number of fused-ring (bicyclic) bond motifs is 1. The molecular weight excluding hydrogens is 324 g/mol. The Morgan fingerprint density at radius 3 is 2.32 bits per heavy atom. The maximum absolute atomic E-state index is 12.5. The number of imide groups is 1. The number of primary amides is 1. The topological polar surface area (TPSA) is 107 Å². The number of benzene rings is 2. The van der Waals surface area contributed by atoms with Crippen LogP contribution < -0.4 is 5.73 Å². The summed E-state index contributed by atoms with van der Waals surface area (Å²) in [4.78, 5) is 48.6. The van der Waals surface area contributed by atoms with Gasteiger partial charge in [-0.3, -0.25) is 19.3 Å². The number of esters is 1. The molecule has 0 saturated carbocycles. The Kier molecular flexibility index (Phi) is 4.30. The second kappa shape index (κ2) is 6.56. The Hall–Kier alpha value is -3.48. The van der Waals surface area contributed by atoms with Crippen molar-refractivity contribution in [3.63, 3.8) is 0 Å². The molecule has 1 aliphatic heterocycles. The van der Waals surface area contributed by atoms with Gasteiger partial charge in [-0.1, -0.05) is 30.3 Å². The van der Waals surface area contributed by atoms with Crippen LogP contribution in [0.2, 0.25) is 0 Å². The molecule has 0 spiro atoms. The van der Waals surface area contributed by atoms with Crippen molar-refractivity contribution in [2.45, 2.75) is 6.54 Å². The molecule has 3 rings (SSSR count). The van der Waals surface area contributed by atoms with Crippen LogP contribution >= 0.6 is 0 Å². The molecule has 7 heteroatoms. The molecule has 0 unspecified atom stereocenters. The first-order valence-corrected chi connectivity index (χ1v) is 7.47. The Morgan fingerprint density at radius 1 is 0.960 bits per heavy atom. The molecule has 126 valence electrons. The monoisotopic (exact) mass is 338 g/mol. The second-order valence-corrected chi connectivity index (χ2v) is 5.48. The number of ether oxygens (including phenoxy) is 1. The van der Waals surface area contributed by atoms with Crippen LogP contribution in [0.3, 0.4) is 0 Å². The average molecular weight is 338 g/mol. The molecule has 1 heterocycles. The summed E-state index contributed by atoms with van der Waals surface area (Å²) in [6.45, 7) is -0.405. The highest BCUT2D eigenvalue weighted by Gasteiger charge is 2.36. The minimum absolute atomic E-state index is 0.0720. The number of nitrogens with two attached hydrogens (primary N) is 1. The number of hydrogen-bond donors (Lipinski definition) is 1. The Bertz CT molecular complexity index is 876. The van der Waals surface area contributed by atoms with Gasteiger partial charge in [-0.2, -0.15) is 0 Å². The SMILES string of the molecule is NC(=O)COC(=O)c1ccc2c(c1)C(=O)N(Cc1ccccc1)C2=O. The first kappa shape index (κ1) is 16.4. The van der Waals surface area contributed by atoms with Crippen molar-refractivity contribution in [1.29, 1.82) is 0 Å². The molecule has 2 aromatic carbocycles. The molecule has 0 saturated heterocycles. The first-order valence-electron chi connectivity index (χ1n) is 7.47. The molecule has 1 aliphatic rings. The van der Waals surface area contributed by atoms with Crippen molar-refractivity contribution >= 4 is 23.7 Å². The van der Waals surface area contributed by atoms with Crippen LogP contribution in [-0.2, 0) is 16.1 Å². The van der Waals surface area contributed by atoms with E-state index in [-0.39, 0.29) is 23.2 Å². The Morgan fingerprint density at radius 2 is 1.64 bits per heavy atom. The van der Waals surface area contributed by atoms with Crippen molar-refractivity contribution in [3.05, 3.63) is 70.8 Å². The van der Waals surface area contributed by atoms with Gasteiger partial charge < -0.3 is 10.5 Å². The van der Waals surface area contributed by atoms with Gasteiger partial charge in [0.15, 0.2) is 6.61 Å². The molecule has 0 aliphatic carbocycles. The number of amides is 3. The van der Waals surface area contributed by atoms with E-state index in [0.29, 0.717) is 0 Å². The van der Waals surface area contributed by atoms with Crippen molar-refractivity contribution < 1.29 is 23.9 Å². The minimum Gasteiger partial charge on any atom is -0.452 e. The lowest BCUT2D eigenvalue weighted by Gasteiger charge is -2.13. The summed E-state index contributed by atoms with van der Waals surface area (Å²) < 4.78 is 4.71. The number of nitrogens with zero attached hydrogens (tertiary/aromatic N) is 1. The largest absolute Gasteiger partial charge is 0.452 e. The zero-order valence-electron chi connectivity index (χ0n) is 13.1. The fraction of sp³-hybridized carbons (Fsp3) is 0.111. The van der Waals surface area contributed by atoms with Crippen LogP contribution in [0, 0.1) is 0 Å². The molecule has 0 atom stereocenters. The highest BCUT2D eigenvalue weighted by molar-refractivity contribution is 6.21. The lowest BCUT2D eigenvalue weighted by Crippen LogP contribution is -2.29. The zero-order chi connectivity index (χ0) is 18.0. The molecule has 3 amide bonds. The van der Waals surface area contributed by atoms with E-state index in [4.69, 9.17) is 10.5 Å². The summed E-state index contributed by atoms with van der Waals surface area (Å²) in [7, 11) is 0. The van der Waals surface area contributed by atoms with E-state index in [1.54, 1.807) is 0 Å². The standard InChI is InChI=1S/C18H14N2O5/c19-15(21)10-25-18(24)12-6-7-13-14(8-12)17(23)20(16(13)22)9-11-4-2-1-3-5-11/h1-8H,9-10H2,(H2,19,21). The van der Waals surface area contributed by atoms with Crippen molar-refractivity contribution in [1.82, 2.24) is 4.90 Å². The summed E-state index contributed by atoms with van der Waals surface area (Å²) in [5, 5.41) is 0. The van der Waals surface area contributed by atoms with Crippen LogP contribution in [0.5, 0.6) is 0 Å². The first-order chi connectivity index (χ1) is 12.0. The van der Waals surface area contributed by atoms with Crippen molar-refractivity contribution in [3.8, 4) is 0 Å². The summed E-state index contributed by atoms with van der Waals surface area (Å²) >= 11 is 0. The molecule has 2 aromatic rings.